The quantitative estimate of drug-likeness (QED) is 0.766. The van der Waals surface area contributed by atoms with Crippen LogP contribution in [-0.4, -0.2) is 43.8 Å². The second-order valence-electron chi connectivity index (χ2n) is 5.44. The van der Waals surface area contributed by atoms with Gasteiger partial charge in [0.05, 0.1) is 6.04 Å². The Morgan fingerprint density at radius 2 is 2.28 bits per heavy atom. The molecule has 2 N–H and O–H groups in total. The van der Waals surface area contributed by atoms with E-state index in [1.807, 2.05) is 0 Å². The highest BCUT2D eigenvalue weighted by molar-refractivity contribution is 7.99. The molecule has 1 saturated heterocycles. The molecule has 2 fully saturated rings. The minimum absolute atomic E-state index is 0.0101. The largest absolute Gasteiger partial charge is 0.385 e. The Bertz CT molecular complexity index is 274. The van der Waals surface area contributed by atoms with E-state index < -0.39 is 0 Å². The predicted octanol–water partition coefficient (Wildman–Crippen LogP) is 1.36. The summed E-state index contributed by atoms with van der Waals surface area (Å²) in [6, 6.07) is 0.0101. The second kappa shape index (κ2) is 6.78. The van der Waals surface area contributed by atoms with Crippen molar-refractivity contribution in [2.24, 2.45) is 5.41 Å². The molecule has 0 radical (unpaired) electrons. The molecule has 4 nitrogen and oxygen atoms in total. The molecule has 1 heterocycles. The van der Waals surface area contributed by atoms with Crippen LogP contribution in [-0.2, 0) is 9.53 Å². The minimum Gasteiger partial charge on any atom is -0.385 e. The average Bonchev–Trinajstić information content (AvgIpc) is 3.05. The Morgan fingerprint density at radius 1 is 1.50 bits per heavy atom. The van der Waals surface area contributed by atoms with Crippen molar-refractivity contribution in [3.05, 3.63) is 0 Å². The van der Waals surface area contributed by atoms with Crippen LogP contribution in [0.4, 0.5) is 0 Å². The average molecular weight is 272 g/mol. The summed E-state index contributed by atoms with van der Waals surface area (Å²) in [5.41, 5.74) is 0.289. The van der Waals surface area contributed by atoms with Crippen molar-refractivity contribution >= 4 is 17.7 Å². The third-order valence-electron chi connectivity index (χ3n) is 4.17. The zero-order chi connectivity index (χ0) is 12.8. The molecular weight excluding hydrogens is 248 g/mol. The van der Waals surface area contributed by atoms with E-state index in [2.05, 4.69) is 10.6 Å². The fourth-order valence-corrected chi connectivity index (χ4v) is 3.86. The maximum absolute atomic E-state index is 12.0. The first-order chi connectivity index (χ1) is 8.76. The summed E-state index contributed by atoms with van der Waals surface area (Å²) in [4.78, 5) is 12.0. The van der Waals surface area contributed by atoms with Gasteiger partial charge in [0.25, 0.3) is 0 Å². The number of thioether (sulfide) groups is 1. The van der Waals surface area contributed by atoms with E-state index in [0.29, 0.717) is 0 Å². The van der Waals surface area contributed by atoms with Gasteiger partial charge in [0, 0.05) is 31.9 Å². The van der Waals surface area contributed by atoms with Crippen LogP contribution in [0.5, 0.6) is 0 Å². The van der Waals surface area contributed by atoms with Crippen LogP contribution in [0.15, 0.2) is 0 Å². The number of hydrogen-bond acceptors (Lipinski definition) is 4. The van der Waals surface area contributed by atoms with E-state index >= 15 is 0 Å². The third-order valence-corrected chi connectivity index (χ3v) is 5.11. The highest BCUT2D eigenvalue weighted by Crippen LogP contribution is 2.40. The normalized spacial score (nSPS) is 26.4. The van der Waals surface area contributed by atoms with Crippen LogP contribution in [0.3, 0.4) is 0 Å². The van der Waals surface area contributed by atoms with Crippen LogP contribution in [0, 0.1) is 5.41 Å². The number of carbonyl (C=O) groups is 1. The molecule has 0 aromatic carbocycles. The molecule has 0 aromatic rings. The van der Waals surface area contributed by atoms with E-state index in [9.17, 15) is 4.79 Å². The molecule has 5 heteroatoms. The summed E-state index contributed by atoms with van der Waals surface area (Å²) >= 11 is 1.79. The van der Waals surface area contributed by atoms with Gasteiger partial charge in [-0.2, -0.15) is 0 Å². The van der Waals surface area contributed by atoms with E-state index in [1.54, 1.807) is 18.9 Å². The lowest BCUT2D eigenvalue weighted by molar-refractivity contribution is -0.123. The van der Waals surface area contributed by atoms with E-state index in [0.717, 1.165) is 31.2 Å². The van der Waals surface area contributed by atoms with Crippen molar-refractivity contribution in [2.75, 3.05) is 31.9 Å². The molecule has 1 aliphatic carbocycles. The van der Waals surface area contributed by atoms with Crippen molar-refractivity contribution in [3.63, 3.8) is 0 Å². The van der Waals surface area contributed by atoms with Crippen molar-refractivity contribution in [3.8, 4) is 0 Å². The molecule has 1 atom stereocenters. The molecular formula is C13H24N2O2S. The number of rotatable bonds is 6. The van der Waals surface area contributed by atoms with Crippen molar-refractivity contribution in [1.82, 2.24) is 10.6 Å². The molecule has 1 unspecified atom stereocenters. The third kappa shape index (κ3) is 3.62. The number of ether oxygens (including phenoxy) is 1. The maximum Gasteiger partial charge on any atom is 0.238 e. The summed E-state index contributed by atoms with van der Waals surface area (Å²) in [7, 11) is 1.75. The van der Waals surface area contributed by atoms with E-state index in [1.165, 1.54) is 25.7 Å². The Kier molecular flexibility index (Phi) is 5.33. The Balaban J connectivity index is 1.79. The number of methoxy groups -OCH3 is 1. The second-order valence-corrected chi connectivity index (χ2v) is 6.47. The molecule has 0 aromatic heterocycles. The molecule has 18 heavy (non-hydrogen) atoms. The summed E-state index contributed by atoms with van der Waals surface area (Å²) in [5, 5.41) is 6.36. The first kappa shape index (κ1) is 14.2. The lowest BCUT2D eigenvalue weighted by Crippen LogP contribution is -2.46. The number of hydrogen-bond donors (Lipinski definition) is 2. The SMILES string of the molecule is COCCC1(CNC(=O)C2CSCN2)CCCC1. The molecule has 1 aliphatic heterocycles. The number of amides is 1. The minimum atomic E-state index is 0.0101. The fourth-order valence-electron chi connectivity index (χ4n) is 2.92. The number of carbonyl (C=O) groups excluding carboxylic acids is 1. The molecule has 1 saturated carbocycles. The Morgan fingerprint density at radius 3 is 2.89 bits per heavy atom. The molecule has 104 valence electrons. The lowest BCUT2D eigenvalue weighted by Gasteiger charge is -2.29. The van der Waals surface area contributed by atoms with E-state index in [-0.39, 0.29) is 17.4 Å². The zero-order valence-electron chi connectivity index (χ0n) is 11.2. The van der Waals surface area contributed by atoms with Crippen LogP contribution in [0.25, 0.3) is 0 Å². The lowest BCUT2D eigenvalue weighted by atomic mass is 9.83. The maximum atomic E-state index is 12.0. The predicted molar refractivity (Wildman–Crippen MR) is 74.7 cm³/mol. The molecule has 2 rings (SSSR count). The van der Waals surface area contributed by atoms with E-state index in [4.69, 9.17) is 4.74 Å². The van der Waals surface area contributed by atoms with Gasteiger partial charge in [-0.3, -0.25) is 10.1 Å². The van der Waals surface area contributed by atoms with Gasteiger partial charge in [0.15, 0.2) is 0 Å². The molecule has 0 bridgehead atoms. The Hall–Kier alpha value is -0.260. The number of nitrogens with one attached hydrogen (secondary N) is 2. The summed E-state index contributed by atoms with van der Waals surface area (Å²) in [5.74, 6) is 1.97. The highest BCUT2D eigenvalue weighted by Gasteiger charge is 2.34. The smallest absolute Gasteiger partial charge is 0.238 e. The van der Waals surface area contributed by atoms with Gasteiger partial charge in [-0.25, -0.2) is 0 Å². The first-order valence-electron chi connectivity index (χ1n) is 6.84. The molecule has 2 aliphatic rings. The van der Waals surface area contributed by atoms with Crippen molar-refractivity contribution in [1.29, 1.82) is 0 Å². The van der Waals surface area contributed by atoms with Crippen LogP contribution < -0.4 is 10.6 Å². The van der Waals surface area contributed by atoms with Gasteiger partial charge in [-0.1, -0.05) is 12.8 Å². The highest BCUT2D eigenvalue weighted by atomic mass is 32.2. The Labute approximate surface area is 114 Å². The topological polar surface area (TPSA) is 50.4 Å². The molecule has 1 amide bonds. The summed E-state index contributed by atoms with van der Waals surface area (Å²) in [6.45, 7) is 1.62. The zero-order valence-corrected chi connectivity index (χ0v) is 12.0. The van der Waals surface area contributed by atoms with Gasteiger partial charge in [0.2, 0.25) is 5.91 Å². The van der Waals surface area contributed by atoms with Crippen molar-refractivity contribution in [2.45, 2.75) is 38.1 Å². The van der Waals surface area contributed by atoms with Gasteiger partial charge in [0.1, 0.15) is 0 Å². The van der Waals surface area contributed by atoms with Gasteiger partial charge < -0.3 is 10.1 Å². The van der Waals surface area contributed by atoms with Crippen LogP contribution in [0.2, 0.25) is 0 Å². The van der Waals surface area contributed by atoms with Crippen molar-refractivity contribution < 1.29 is 9.53 Å². The fraction of sp³-hybridized carbons (Fsp3) is 0.923. The first-order valence-corrected chi connectivity index (χ1v) is 7.99. The van der Waals surface area contributed by atoms with Crippen LogP contribution in [0.1, 0.15) is 32.1 Å². The summed E-state index contributed by atoms with van der Waals surface area (Å²) < 4.78 is 5.21. The van der Waals surface area contributed by atoms with Gasteiger partial charge >= 0.3 is 0 Å². The van der Waals surface area contributed by atoms with Gasteiger partial charge in [-0.05, 0) is 24.7 Å². The monoisotopic (exact) mass is 272 g/mol. The van der Waals surface area contributed by atoms with Gasteiger partial charge in [-0.15, -0.1) is 11.8 Å². The molecule has 0 spiro atoms. The van der Waals surface area contributed by atoms with Crippen LogP contribution >= 0.6 is 11.8 Å². The standard InChI is InChI=1S/C13H24N2O2S/c1-17-7-6-13(4-2-3-5-13)9-14-12(16)11-8-18-10-15-11/h11,15H,2-10H2,1H3,(H,14,16). The summed E-state index contributed by atoms with van der Waals surface area (Å²) in [6.07, 6.45) is 6.10.